The summed E-state index contributed by atoms with van der Waals surface area (Å²) in [7, 11) is 0. The SMILES string of the molecule is C[C@@H](NC(=O)c1ccccc1N1CCC(NC(=O)NC(C)(C)C)CC1)c1ccccc1. The lowest BCUT2D eigenvalue weighted by Gasteiger charge is -2.35. The Morgan fingerprint density at radius 3 is 2.23 bits per heavy atom. The Kier molecular flexibility index (Phi) is 7.21. The fraction of sp³-hybridized carbons (Fsp3) is 0.440. The molecule has 0 aliphatic carbocycles. The van der Waals surface area contributed by atoms with Crippen LogP contribution in [0.2, 0.25) is 0 Å². The predicted molar refractivity (Wildman–Crippen MR) is 125 cm³/mol. The van der Waals surface area contributed by atoms with E-state index in [9.17, 15) is 9.59 Å². The highest BCUT2D eigenvalue weighted by Gasteiger charge is 2.25. The van der Waals surface area contributed by atoms with Gasteiger partial charge in [-0.25, -0.2) is 4.79 Å². The standard InChI is InChI=1S/C25H34N4O2/c1-18(19-10-6-5-7-11-19)26-23(30)21-12-8-9-13-22(21)29-16-14-20(15-17-29)27-24(31)28-25(2,3)4/h5-13,18,20H,14-17H2,1-4H3,(H,26,30)(H2,27,28,31)/t18-/m1/s1. The molecular weight excluding hydrogens is 388 g/mol. The highest BCUT2D eigenvalue weighted by Crippen LogP contribution is 2.25. The molecule has 1 fully saturated rings. The van der Waals surface area contributed by atoms with Crippen LogP contribution in [-0.2, 0) is 0 Å². The van der Waals surface area contributed by atoms with Crippen molar-refractivity contribution in [1.29, 1.82) is 0 Å². The summed E-state index contributed by atoms with van der Waals surface area (Å²) < 4.78 is 0. The minimum Gasteiger partial charge on any atom is -0.371 e. The van der Waals surface area contributed by atoms with Crippen LogP contribution in [0.5, 0.6) is 0 Å². The molecule has 2 aromatic rings. The van der Waals surface area contributed by atoms with E-state index in [1.54, 1.807) is 0 Å². The quantitative estimate of drug-likeness (QED) is 0.675. The van der Waals surface area contributed by atoms with E-state index < -0.39 is 0 Å². The zero-order valence-electron chi connectivity index (χ0n) is 18.9. The molecule has 1 aliphatic rings. The first-order chi connectivity index (χ1) is 14.7. The summed E-state index contributed by atoms with van der Waals surface area (Å²) >= 11 is 0. The number of carbonyl (C=O) groups excluding carboxylic acids is 2. The van der Waals surface area contributed by atoms with Crippen molar-refractivity contribution in [3.05, 3.63) is 65.7 Å². The average Bonchev–Trinajstić information content (AvgIpc) is 2.73. The monoisotopic (exact) mass is 422 g/mol. The number of hydrogen-bond donors (Lipinski definition) is 3. The van der Waals surface area contributed by atoms with Gasteiger partial charge < -0.3 is 20.9 Å². The van der Waals surface area contributed by atoms with Gasteiger partial charge in [-0.05, 0) is 58.2 Å². The topological polar surface area (TPSA) is 73.5 Å². The molecule has 0 radical (unpaired) electrons. The van der Waals surface area contributed by atoms with Crippen LogP contribution < -0.4 is 20.9 Å². The molecule has 31 heavy (non-hydrogen) atoms. The Balaban J connectivity index is 1.61. The molecule has 1 heterocycles. The van der Waals surface area contributed by atoms with E-state index in [0.29, 0.717) is 5.56 Å². The number of benzene rings is 2. The van der Waals surface area contributed by atoms with Gasteiger partial charge in [0.1, 0.15) is 0 Å². The zero-order valence-corrected chi connectivity index (χ0v) is 18.9. The number of para-hydroxylation sites is 1. The molecule has 1 atom stereocenters. The highest BCUT2D eigenvalue weighted by atomic mass is 16.2. The predicted octanol–water partition coefficient (Wildman–Crippen LogP) is 4.24. The number of anilines is 1. The van der Waals surface area contributed by atoms with E-state index in [-0.39, 0.29) is 29.6 Å². The first kappa shape index (κ1) is 22.7. The van der Waals surface area contributed by atoms with Crippen molar-refractivity contribution in [2.75, 3.05) is 18.0 Å². The van der Waals surface area contributed by atoms with Crippen molar-refractivity contribution in [1.82, 2.24) is 16.0 Å². The van der Waals surface area contributed by atoms with Crippen LogP contribution in [0.1, 0.15) is 62.5 Å². The lowest BCUT2D eigenvalue weighted by molar-refractivity contribution is 0.0940. The first-order valence-electron chi connectivity index (χ1n) is 11.0. The maximum atomic E-state index is 13.0. The summed E-state index contributed by atoms with van der Waals surface area (Å²) in [5.74, 6) is -0.0724. The molecule has 6 nitrogen and oxygen atoms in total. The van der Waals surface area contributed by atoms with E-state index in [1.807, 2.05) is 82.3 Å². The Hall–Kier alpha value is -3.02. The largest absolute Gasteiger partial charge is 0.371 e. The summed E-state index contributed by atoms with van der Waals surface area (Å²) in [6.07, 6.45) is 1.68. The minimum atomic E-state index is -0.256. The van der Waals surface area contributed by atoms with Gasteiger partial charge >= 0.3 is 6.03 Å². The van der Waals surface area contributed by atoms with E-state index in [0.717, 1.165) is 37.2 Å². The normalized spacial score (nSPS) is 15.8. The molecule has 0 saturated carbocycles. The molecule has 0 unspecified atom stereocenters. The second-order valence-electron chi connectivity index (χ2n) is 9.23. The molecule has 2 aromatic carbocycles. The number of hydrogen-bond acceptors (Lipinski definition) is 3. The van der Waals surface area contributed by atoms with Gasteiger partial charge in [0.05, 0.1) is 11.6 Å². The lowest BCUT2D eigenvalue weighted by Crippen LogP contribution is -2.52. The van der Waals surface area contributed by atoms with Crippen LogP contribution in [-0.4, -0.2) is 36.6 Å². The lowest BCUT2D eigenvalue weighted by atomic mass is 10.0. The molecule has 1 aliphatic heterocycles. The third kappa shape index (κ3) is 6.48. The molecule has 166 valence electrons. The van der Waals surface area contributed by atoms with Gasteiger partial charge in [-0.2, -0.15) is 0 Å². The Morgan fingerprint density at radius 1 is 0.968 bits per heavy atom. The number of carbonyl (C=O) groups is 2. The number of urea groups is 1. The number of nitrogens with zero attached hydrogens (tertiary/aromatic N) is 1. The fourth-order valence-electron chi connectivity index (χ4n) is 3.87. The van der Waals surface area contributed by atoms with Crippen molar-refractivity contribution < 1.29 is 9.59 Å². The van der Waals surface area contributed by atoms with Gasteiger partial charge in [-0.3, -0.25) is 4.79 Å². The maximum Gasteiger partial charge on any atom is 0.315 e. The molecular formula is C25H34N4O2. The summed E-state index contributed by atoms with van der Waals surface area (Å²) in [4.78, 5) is 27.4. The van der Waals surface area contributed by atoms with E-state index >= 15 is 0 Å². The zero-order chi connectivity index (χ0) is 22.4. The van der Waals surface area contributed by atoms with Gasteiger partial charge in [0.15, 0.2) is 0 Å². The van der Waals surface area contributed by atoms with Gasteiger partial charge in [-0.15, -0.1) is 0 Å². The Labute approximate surface area is 185 Å². The van der Waals surface area contributed by atoms with Crippen LogP contribution in [0.25, 0.3) is 0 Å². The van der Waals surface area contributed by atoms with E-state index in [1.165, 1.54) is 0 Å². The van der Waals surface area contributed by atoms with Crippen molar-refractivity contribution in [2.45, 2.75) is 58.2 Å². The van der Waals surface area contributed by atoms with Crippen molar-refractivity contribution in [3.8, 4) is 0 Å². The molecule has 0 spiro atoms. The molecule has 0 aromatic heterocycles. The number of piperidine rings is 1. The molecule has 0 bridgehead atoms. The summed E-state index contributed by atoms with van der Waals surface area (Å²) in [6.45, 7) is 9.48. The van der Waals surface area contributed by atoms with E-state index in [4.69, 9.17) is 0 Å². The summed E-state index contributed by atoms with van der Waals surface area (Å²) in [6, 6.07) is 17.7. The van der Waals surface area contributed by atoms with Gasteiger partial charge in [-0.1, -0.05) is 42.5 Å². The second kappa shape index (κ2) is 9.86. The molecule has 3 rings (SSSR count). The Morgan fingerprint density at radius 2 is 1.58 bits per heavy atom. The smallest absolute Gasteiger partial charge is 0.315 e. The van der Waals surface area contributed by atoms with E-state index in [2.05, 4.69) is 20.9 Å². The molecule has 6 heteroatoms. The number of amides is 3. The third-order valence-electron chi connectivity index (χ3n) is 5.46. The van der Waals surface area contributed by atoms with Crippen LogP contribution in [0, 0.1) is 0 Å². The van der Waals surface area contributed by atoms with Gasteiger partial charge in [0, 0.05) is 30.4 Å². The van der Waals surface area contributed by atoms with Crippen molar-refractivity contribution in [2.24, 2.45) is 0 Å². The number of rotatable bonds is 5. The molecule has 1 saturated heterocycles. The second-order valence-corrected chi connectivity index (χ2v) is 9.23. The van der Waals surface area contributed by atoms with Crippen LogP contribution in [0.3, 0.4) is 0 Å². The Bertz CT molecular complexity index is 884. The summed E-state index contributed by atoms with van der Waals surface area (Å²) in [5.41, 5.74) is 2.45. The fourth-order valence-corrected chi connectivity index (χ4v) is 3.87. The van der Waals surface area contributed by atoms with Gasteiger partial charge in [0.25, 0.3) is 5.91 Å². The minimum absolute atomic E-state index is 0.0713. The maximum absolute atomic E-state index is 13.0. The highest BCUT2D eigenvalue weighted by molar-refractivity contribution is 6.00. The third-order valence-corrected chi connectivity index (χ3v) is 5.46. The van der Waals surface area contributed by atoms with Gasteiger partial charge in [0.2, 0.25) is 0 Å². The van der Waals surface area contributed by atoms with Crippen molar-refractivity contribution >= 4 is 17.6 Å². The summed E-state index contributed by atoms with van der Waals surface area (Å²) in [5, 5.41) is 9.14. The molecule has 3 amide bonds. The van der Waals surface area contributed by atoms with Crippen LogP contribution in [0.15, 0.2) is 54.6 Å². The molecule has 3 N–H and O–H groups in total. The van der Waals surface area contributed by atoms with Crippen molar-refractivity contribution in [3.63, 3.8) is 0 Å². The average molecular weight is 423 g/mol. The van der Waals surface area contributed by atoms with Crippen LogP contribution in [0.4, 0.5) is 10.5 Å². The first-order valence-corrected chi connectivity index (χ1v) is 11.0. The number of nitrogens with one attached hydrogen (secondary N) is 3. The van der Waals surface area contributed by atoms with Crippen LogP contribution >= 0.6 is 0 Å².